The first-order valence-corrected chi connectivity index (χ1v) is 10.5. The largest absolute Gasteiger partial charge is 0.573 e. The van der Waals surface area contributed by atoms with Gasteiger partial charge in [-0.2, -0.15) is 0 Å². The van der Waals surface area contributed by atoms with Gasteiger partial charge in [0.2, 0.25) is 0 Å². The molecule has 33 heavy (non-hydrogen) atoms. The summed E-state index contributed by atoms with van der Waals surface area (Å²) in [4.78, 5) is 24.4. The lowest BCUT2D eigenvalue weighted by molar-refractivity contribution is -0.274. The number of carboxylic acids is 1. The molecule has 0 unspecified atom stereocenters. The van der Waals surface area contributed by atoms with E-state index in [4.69, 9.17) is 4.74 Å². The van der Waals surface area contributed by atoms with E-state index in [1.165, 1.54) is 16.7 Å². The lowest BCUT2D eigenvalue weighted by Crippen LogP contribution is -2.41. The van der Waals surface area contributed by atoms with Crippen LogP contribution in [0, 0.1) is 5.41 Å². The molecule has 2 aromatic carbocycles. The minimum atomic E-state index is -4.87. The number of carboxylic acid groups (broad SMARTS) is 1. The fourth-order valence-corrected chi connectivity index (χ4v) is 4.35. The monoisotopic (exact) mass is 461 g/mol. The quantitative estimate of drug-likeness (QED) is 0.470. The number of carbonyl (C=O) groups is 2. The first-order chi connectivity index (χ1) is 15.6. The van der Waals surface area contributed by atoms with Crippen LogP contribution in [0.5, 0.6) is 5.75 Å². The van der Waals surface area contributed by atoms with Gasteiger partial charge in [-0.05, 0) is 62.1 Å². The lowest BCUT2D eigenvalue weighted by Gasteiger charge is -2.39. The van der Waals surface area contributed by atoms with Gasteiger partial charge < -0.3 is 19.1 Å². The van der Waals surface area contributed by atoms with Crippen LogP contribution in [0.2, 0.25) is 0 Å². The van der Waals surface area contributed by atoms with E-state index in [9.17, 15) is 27.9 Å². The van der Waals surface area contributed by atoms with Gasteiger partial charge in [-0.25, -0.2) is 4.79 Å². The third kappa shape index (κ3) is 4.53. The van der Waals surface area contributed by atoms with Gasteiger partial charge in [-0.15, -0.1) is 13.2 Å². The maximum Gasteiger partial charge on any atom is 0.573 e. The van der Waals surface area contributed by atoms with Crippen molar-refractivity contribution in [1.29, 1.82) is 0 Å². The van der Waals surface area contributed by atoms with Crippen molar-refractivity contribution in [3.05, 3.63) is 59.8 Å². The zero-order valence-corrected chi connectivity index (χ0v) is 17.8. The third-order valence-electron chi connectivity index (χ3n) is 5.96. The molecular weight excluding hydrogens is 439 g/mol. The molecule has 1 heterocycles. The standard InChI is InChI=1S/C24H22F3NO5/c1-2-32-22(31)23(9-4-10-23)14-15-5-3-6-17(11-15)28-19-13-18(33-24(25,26)27)8-7-16(19)12-20(28)21(29)30/h3,5-8,11-13H,2,4,9-10,14H2,1H3,(H,29,30). The van der Waals surface area contributed by atoms with Crippen LogP contribution in [0.15, 0.2) is 48.5 Å². The number of alkyl halides is 3. The van der Waals surface area contributed by atoms with E-state index in [-0.39, 0.29) is 17.2 Å². The fraction of sp³-hybridized carbons (Fsp3) is 0.333. The van der Waals surface area contributed by atoms with Crippen molar-refractivity contribution in [2.45, 2.75) is 39.0 Å². The molecule has 9 heteroatoms. The first-order valence-electron chi connectivity index (χ1n) is 10.5. The molecule has 1 fully saturated rings. The second-order valence-corrected chi connectivity index (χ2v) is 8.14. The Hall–Kier alpha value is -3.49. The van der Waals surface area contributed by atoms with Crippen LogP contribution in [0.25, 0.3) is 16.6 Å². The molecule has 4 rings (SSSR count). The molecule has 0 amide bonds. The highest BCUT2D eigenvalue weighted by Gasteiger charge is 2.45. The molecule has 6 nitrogen and oxygen atoms in total. The van der Waals surface area contributed by atoms with Crippen LogP contribution in [-0.2, 0) is 16.0 Å². The number of benzene rings is 2. The molecule has 0 aliphatic heterocycles. The van der Waals surface area contributed by atoms with Crippen LogP contribution in [0.1, 0.15) is 42.2 Å². The molecular formula is C24H22F3NO5. The summed E-state index contributed by atoms with van der Waals surface area (Å²) in [5, 5.41) is 10.2. The minimum absolute atomic E-state index is 0.102. The second-order valence-electron chi connectivity index (χ2n) is 8.14. The number of ether oxygens (including phenoxy) is 2. The van der Waals surface area contributed by atoms with Gasteiger partial charge in [0.15, 0.2) is 0 Å². The minimum Gasteiger partial charge on any atom is -0.477 e. The number of hydrogen-bond acceptors (Lipinski definition) is 4. The molecule has 0 saturated heterocycles. The van der Waals surface area contributed by atoms with E-state index in [0.717, 1.165) is 24.1 Å². The summed E-state index contributed by atoms with van der Waals surface area (Å²) in [6, 6.07) is 12.1. The number of hydrogen-bond donors (Lipinski definition) is 1. The molecule has 0 bridgehead atoms. The van der Waals surface area contributed by atoms with Crippen LogP contribution >= 0.6 is 0 Å². The summed E-state index contributed by atoms with van der Waals surface area (Å²) < 4.78 is 48.8. The SMILES string of the molecule is CCOC(=O)C1(Cc2cccc(-n3c(C(=O)O)cc4ccc(OC(F)(F)F)cc43)c2)CCC1. The van der Waals surface area contributed by atoms with Gasteiger partial charge >= 0.3 is 18.3 Å². The topological polar surface area (TPSA) is 77.8 Å². The predicted molar refractivity (Wildman–Crippen MR) is 114 cm³/mol. The van der Waals surface area contributed by atoms with Crippen LogP contribution in [0.4, 0.5) is 13.2 Å². The van der Waals surface area contributed by atoms with E-state index in [1.54, 1.807) is 25.1 Å². The van der Waals surface area contributed by atoms with E-state index >= 15 is 0 Å². The van der Waals surface area contributed by atoms with Gasteiger partial charge in [0.25, 0.3) is 0 Å². The zero-order chi connectivity index (χ0) is 23.8. The summed E-state index contributed by atoms with van der Waals surface area (Å²) in [5.74, 6) is -1.91. The summed E-state index contributed by atoms with van der Waals surface area (Å²) >= 11 is 0. The van der Waals surface area contributed by atoms with Crippen LogP contribution in [0.3, 0.4) is 0 Å². The average Bonchev–Trinajstić information content (AvgIpc) is 3.09. The Bertz CT molecular complexity index is 1210. The average molecular weight is 461 g/mol. The maximum absolute atomic E-state index is 12.7. The van der Waals surface area contributed by atoms with Gasteiger partial charge in [0.1, 0.15) is 11.4 Å². The van der Waals surface area contributed by atoms with Crippen LogP contribution in [-0.4, -0.2) is 34.6 Å². The smallest absolute Gasteiger partial charge is 0.477 e. The van der Waals surface area contributed by atoms with Crippen molar-refractivity contribution in [2.24, 2.45) is 5.41 Å². The van der Waals surface area contributed by atoms with Crippen molar-refractivity contribution < 1.29 is 37.3 Å². The van der Waals surface area contributed by atoms with Gasteiger partial charge in [-0.1, -0.05) is 18.6 Å². The van der Waals surface area contributed by atoms with Gasteiger partial charge in [-0.3, -0.25) is 4.79 Å². The van der Waals surface area contributed by atoms with Crippen LogP contribution < -0.4 is 4.74 Å². The van der Waals surface area contributed by atoms with Gasteiger partial charge in [0.05, 0.1) is 17.5 Å². The summed E-state index contributed by atoms with van der Waals surface area (Å²) in [6.45, 7) is 2.05. The fourth-order valence-electron chi connectivity index (χ4n) is 4.35. The number of halogens is 3. The summed E-state index contributed by atoms with van der Waals surface area (Å²) in [7, 11) is 0. The molecule has 1 aliphatic carbocycles. The number of aromatic carboxylic acids is 1. The highest BCUT2D eigenvalue weighted by atomic mass is 19.4. The zero-order valence-electron chi connectivity index (χ0n) is 17.8. The number of fused-ring (bicyclic) bond motifs is 1. The Morgan fingerprint density at radius 1 is 1.12 bits per heavy atom. The van der Waals surface area contributed by atoms with E-state index in [2.05, 4.69) is 4.74 Å². The molecule has 0 radical (unpaired) electrons. The summed E-state index contributed by atoms with van der Waals surface area (Å²) in [6.07, 6.45) is -2.09. The molecule has 1 saturated carbocycles. The molecule has 1 N–H and O–H groups in total. The highest BCUT2D eigenvalue weighted by Crippen LogP contribution is 2.45. The number of rotatable bonds is 7. The normalized spacial score (nSPS) is 15.2. The maximum atomic E-state index is 12.7. The van der Waals surface area contributed by atoms with E-state index in [0.29, 0.717) is 36.9 Å². The van der Waals surface area contributed by atoms with Crippen molar-refractivity contribution in [3.63, 3.8) is 0 Å². The Kier molecular flexibility index (Phi) is 5.82. The molecule has 0 atom stereocenters. The number of esters is 1. The van der Waals surface area contributed by atoms with Crippen molar-refractivity contribution in [1.82, 2.24) is 4.57 Å². The lowest BCUT2D eigenvalue weighted by atomic mass is 9.65. The molecule has 0 spiro atoms. The third-order valence-corrected chi connectivity index (χ3v) is 5.96. The first kappa shape index (κ1) is 22.7. The Morgan fingerprint density at radius 3 is 2.48 bits per heavy atom. The Balaban J connectivity index is 1.77. The predicted octanol–water partition coefficient (Wildman–Crippen LogP) is 5.50. The van der Waals surface area contributed by atoms with Crippen molar-refractivity contribution in [2.75, 3.05) is 6.61 Å². The van der Waals surface area contributed by atoms with E-state index in [1.807, 2.05) is 6.07 Å². The molecule has 1 aromatic heterocycles. The van der Waals surface area contributed by atoms with Gasteiger partial charge in [0, 0.05) is 17.1 Å². The van der Waals surface area contributed by atoms with Crippen molar-refractivity contribution >= 4 is 22.8 Å². The Morgan fingerprint density at radius 2 is 1.88 bits per heavy atom. The molecule has 3 aromatic rings. The summed E-state index contributed by atoms with van der Waals surface area (Å²) in [5.41, 5.74) is 0.824. The number of aromatic nitrogens is 1. The Labute approximate surface area is 187 Å². The molecule has 1 aliphatic rings. The second kappa shape index (κ2) is 8.46. The highest BCUT2D eigenvalue weighted by molar-refractivity contribution is 5.96. The van der Waals surface area contributed by atoms with E-state index < -0.39 is 23.5 Å². The molecule has 174 valence electrons. The number of carbonyl (C=O) groups excluding carboxylic acids is 1. The number of nitrogens with zero attached hydrogens (tertiary/aromatic N) is 1. The van der Waals surface area contributed by atoms with Crippen molar-refractivity contribution in [3.8, 4) is 11.4 Å².